The van der Waals surface area contributed by atoms with Crippen LogP contribution >= 0.6 is 11.8 Å². The van der Waals surface area contributed by atoms with Gasteiger partial charge >= 0.3 is 0 Å². The van der Waals surface area contributed by atoms with Crippen molar-refractivity contribution in [3.05, 3.63) is 51.4 Å². The van der Waals surface area contributed by atoms with Crippen LogP contribution < -0.4 is 10.3 Å². The molecule has 0 unspecified atom stereocenters. The second kappa shape index (κ2) is 6.80. The smallest absolute Gasteiger partial charge is 0.255 e. The molecule has 0 atom stereocenters. The maximum atomic E-state index is 12.1. The Labute approximate surface area is 129 Å². The molecule has 1 N–H and O–H groups in total. The van der Waals surface area contributed by atoms with E-state index in [1.54, 1.807) is 0 Å². The number of H-pyrrole nitrogens is 1. The minimum atomic E-state index is -0.0676. The summed E-state index contributed by atoms with van der Waals surface area (Å²) in [6.45, 7) is 5.86. The van der Waals surface area contributed by atoms with Crippen LogP contribution in [0, 0.1) is 6.92 Å². The molecule has 4 nitrogen and oxygen atoms in total. The van der Waals surface area contributed by atoms with Gasteiger partial charge in [0.2, 0.25) is 0 Å². The van der Waals surface area contributed by atoms with Gasteiger partial charge in [-0.2, -0.15) is 0 Å². The van der Waals surface area contributed by atoms with Crippen molar-refractivity contribution < 1.29 is 4.74 Å². The van der Waals surface area contributed by atoms with Crippen LogP contribution in [0.3, 0.4) is 0 Å². The minimum absolute atomic E-state index is 0.0676. The lowest BCUT2D eigenvalue weighted by molar-refractivity contribution is 0.242. The molecule has 2 aromatic rings. The van der Waals surface area contributed by atoms with Gasteiger partial charge in [0.05, 0.1) is 6.10 Å². The summed E-state index contributed by atoms with van der Waals surface area (Å²) < 4.78 is 5.68. The third-order valence-electron chi connectivity index (χ3n) is 3.05. The summed E-state index contributed by atoms with van der Waals surface area (Å²) in [6.07, 6.45) is 2.58. The standard InChI is InChI=1S/C16H20N2O2S/c1-10(2)20-13-7-5-6-12(8-13)9-14-11(3)17-16(21-4)18-15(14)19/h5-8,10H,9H2,1-4H3,(H,17,18,19). The van der Waals surface area contributed by atoms with Crippen LogP contribution in [-0.4, -0.2) is 22.3 Å². The van der Waals surface area contributed by atoms with Crippen molar-refractivity contribution in [2.45, 2.75) is 38.5 Å². The minimum Gasteiger partial charge on any atom is -0.491 e. The Kier molecular flexibility index (Phi) is 5.07. The summed E-state index contributed by atoms with van der Waals surface area (Å²) in [4.78, 5) is 19.3. The zero-order chi connectivity index (χ0) is 15.4. The number of nitrogens with one attached hydrogen (secondary N) is 1. The number of hydrogen-bond donors (Lipinski definition) is 1. The van der Waals surface area contributed by atoms with Crippen molar-refractivity contribution in [1.82, 2.24) is 9.97 Å². The predicted molar refractivity (Wildman–Crippen MR) is 86.4 cm³/mol. The average Bonchev–Trinajstić information content (AvgIpc) is 2.42. The largest absolute Gasteiger partial charge is 0.491 e. The maximum absolute atomic E-state index is 12.1. The summed E-state index contributed by atoms with van der Waals surface area (Å²) in [6, 6.07) is 7.84. The van der Waals surface area contributed by atoms with E-state index in [9.17, 15) is 4.79 Å². The molecule has 0 saturated heterocycles. The fraction of sp³-hybridized carbons (Fsp3) is 0.375. The number of nitrogens with zero attached hydrogens (tertiary/aromatic N) is 1. The highest BCUT2D eigenvalue weighted by atomic mass is 32.2. The number of hydrogen-bond acceptors (Lipinski definition) is 4. The molecule has 0 fully saturated rings. The molecule has 0 aliphatic heterocycles. The van der Waals surface area contributed by atoms with Crippen molar-refractivity contribution in [3.63, 3.8) is 0 Å². The molecule has 0 spiro atoms. The molecule has 0 radical (unpaired) electrons. The highest BCUT2D eigenvalue weighted by Crippen LogP contribution is 2.18. The maximum Gasteiger partial charge on any atom is 0.255 e. The van der Waals surface area contributed by atoms with Crippen LogP contribution in [0.1, 0.15) is 30.7 Å². The van der Waals surface area contributed by atoms with Gasteiger partial charge < -0.3 is 9.72 Å². The van der Waals surface area contributed by atoms with Gasteiger partial charge in [-0.25, -0.2) is 4.98 Å². The Morgan fingerprint density at radius 1 is 1.38 bits per heavy atom. The number of ether oxygens (including phenoxy) is 1. The van der Waals surface area contributed by atoms with Gasteiger partial charge in [0.15, 0.2) is 5.16 Å². The van der Waals surface area contributed by atoms with Crippen LogP contribution in [0.4, 0.5) is 0 Å². The molecular formula is C16H20N2O2S. The number of aromatic nitrogens is 2. The van der Waals surface area contributed by atoms with Crippen molar-refractivity contribution in [2.24, 2.45) is 0 Å². The van der Waals surface area contributed by atoms with E-state index in [4.69, 9.17) is 4.74 Å². The quantitative estimate of drug-likeness (QED) is 0.681. The zero-order valence-electron chi connectivity index (χ0n) is 12.8. The molecule has 0 amide bonds. The van der Waals surface area contributed by atoms with Crippen LogP contribution in [0.15, 0.2) is 34.2 Å². The lowest BCUT2D eigenvalue weighted by atomic mass is 10.0. The number of thioether (sulfide) groups is 1. The summed E-state index contributed by atoms with van der Waals surface area (Å²) in [7, 11) is 0. The molecule has 0 saturated carbocycles. The fourth-order valence-electron chi connectivity index (χ4n) is 2.09. The van der Waals surface area contributed by atoms with Crippen molar-refractivity contribution in [2.75, 3.05) is 6.26 Å². The second-order valence-electron chi connectivity index (χ2n) is 5.13. The van der Waals surface area contributed by atoms with Crippen LogP contribution in [-0.2, 0) is 6.42 Å². The highest BCUT2D eigenvalue weighted by molar-refractivity contribution is 7.98. The fourth-order valence-corrected chi connectivity index (χ4v) is 2.52. The molecule has 0 aliphatic rings. The van der Waals surface area contributed by atoms with Gasteiger partial charge in [0.25, 0.3) is 5.56 Å². The number of benzene rings is 1. The molecule has 1 aromatic heterocycles. The molecule has 5 heteroatoms. The molecule has 0 bridgehead atoms. The summed E-state index contributed by atoms with van der Waals surface area (Å²) in [5.41, 5.74) is 2.45. The first kappa shape index (κ1) is 15.6. The Bertz CT molecular complexity index is 680. The molecular weight excluding hydrogens is 284 g/mol. The van der Waals surface area contributed by atoms with Crippen LogP contribution in [0.2, 0.25) is 0 Å². The zero-order valence-corrected chi connectivity index (χ0v) is 13.6. The summed E-state index contributed by atoms with van der Waals surface area (Å²) >= 11 is 1.43. The third-order valence-corrected chi connectivity index (χ3v) is 3.63. The van der Waals surface area contributed by atoms with Crippen LogP contribution in [0.25, 0.3) is 0 Å². The van der Waals surface area contributed by atoms with Gasteiger partial charge in [0.1, 0.15) is 5.75 Å². The second-order valence-corrected chi connectivity index (χ2v) is 5.92. The summed E-state index contributed by atoms with van der Waals surface area (Å²) in [5, 5.41) is 0.651. The normalized spacial score (nSPS) is 10.9. The van der Waals surface area contributed by atoms with Gasteiger partial charge in [-0.15, -0.1) is 0 Å². The molecule has 2 rings (SSSR count). The highest BCUT2D eigenvalue weighted by Gasteiger charge is 2.09. The lowest BCUT2D eigenvalue weighted by Gasteiger charge is -2.11. The van der Waals surface area contributed by atoms with E-state index in [-0.39, 0.29) is 11.7 Å². The Morgan fingerprint density at radius 3 is 2.76 bits per heavy atom. The number of rotatable bonds is 5. The lowest BCUT2D eigenvalue weighted by Crippen LogP contribution is -2.17. The molecule has 112 valence electrons. The average molecular weight is 304 g/mol. The third kappa shape index (κ3) is 4.11. The molecule has 1 aromatic carbocycles. The summed E-state index contributed by atoms with van der Waals surface area (Å²) in [5.74, 6) is 0.824. The predicted octanol–water partition coefficient (Wildman–Crippen LogP) is 3.18. The van der Waals surface area contributed by atoms with Gasteiger partial charge in [-0.05, 0) is 44.7 Å². The van der Waals surface area contributed by atoms with Crippen molar-refractivity contribution in [1.29, 1.82) is 0 Å². The van der Waals surface area contributed by atoms with E-state index in [0.717, 1.165) is 17.0 Å². The first-order valence-corrected chi connectivity index (χ1v) is 8.11. The SMILES string of the molecule is CSc1nc(C)c(Cc2cccc(OC(C)C)c2)c(=O)[nH]1. The topological polar surface area (TPSA) is 55.0 Å². The Morgan fingerprint density at radius 2 is 2.14 bits per heavy atom. The van der Waals surface area contributed by atoms with E-state index in [2.05, 4.69) is 9.97 Å². The van der Waals surface area contributed by atoms with E-state index in [1.807, 2.05) is 51.3 Å². The first-order valence-electron chi connectivity index (χ1n) is 6.89. The molecule has 21 heavy (non-hydrogen) atoms. The van der Waals surface area contributed by atoms with E-state index >= 15 is 0 Å². The van der Waals surface area contributed by atoms with Crippen LogP contribution in [0.5, 0.6) is 5.75 Å². The van der Waals surface area contributed by atoms with Gasteiger partial charge in [-0.3, -0.25) is 4.79 Å². The molecule has 1 heterocycles. The van der Waals surface area contributed by atoms with Crippen molar-refractivity contribution >= 4 is 11.8 Å². The van der Waals surface area contributed by atoms with Crippen molar-refractivity contribution in [3.8, 4) is 5.75 Å². The van der Waals surface area contributed by atoms with E-state index in [1.165, 1.54) is 11.8 Å². The van der Waals surface area contributed by atoms with Gasteiger partial charge in [-0.1, -0.05) is 23.9 Å². The Balaban J connectivity index is 2.28. The number of aryl methyl sites for hydroxylation is 1. The monoisotopic (exact) mass is 304 g/mol. The molecule has 0 aliphatic carbocycles. The first-order chi connectivity index (χ1) is 9.99. The number of aromatic amines is 1. The van der Waals surface area contributed by atoms with E-state index in [0.29, 0.717) is 17.1 Å². The van der Waals surface area contributed by atoms with Gasteiger partial charge in [0, 0.05) is 17.7 Å². The van der Waals surface area contributed by atoms with E-state index < -0.39 is 0 Å². The Hall–Kier alpha value is -1.75.